The molecule has 0 aliphatic heterocycles. The zero-order valence-corrected chi connectivity index (χ0v) is 15.0. The fourth-order valence-electron chi connectivity index (χ4n) is 2.52. The van der Waals surface area contributed by atoms with Crippen LogP contribution in [-0.2, 0) is 10.0 Å². The number of oxazole rings is 1. The lowest BCUT2D eigenvalue weighted by molar-refractivity contribution is 0.601. The molecule has 26 heavy (non-hydrogen) atoms. The van der Waals surface area contributed by atoms with Crippen molar-refractivity contribution in [1.82, 2.24) is 4.98 Å². The van der Waals surface area contributed by atoms with Gasteiger partial charge in [0.05, 0.1) is 10.6 Å². The molecule has 7 heteroatoms. The second-order valence-corrected chi connectivity index (χ2v) is 7.75. The average Bonchev–Trinajstić information content (AvgIpc) is 3.06. The van der Waals surface area contributed by atoms with Gasteiger partial charge in [-0.3, -0.25) is 4.72 Å². The number of halogens is 1. The van der Waals surface area contributed by atoms with E-state index in [1.165, 1.54) is 24.3 Å². The summed E-state index contributed by atoms with van der Waals surface area (Å²) in [6, 6.07) is 20.4. The van der Waals surface area contributed by atoms with Crippen molar-refractivity contribution in [3.05, 3.63) is 77.8 Å². The molecular weight excluding hydrogens is 372 g/mol. The number of nitrogens with one attached hydrogen (secondary N) is 1. The van der Waals surface area contributed by atoms with Crippen LogP contribution in [0.3, 0.4) is 0 Å². The molecule has 0 saturated heterocycles. The highest BCUT2D eigenvalue weighted by molar-refractivity contribution is 7.92. The molecule has 0 spiro atoms. The largest absolute Gasteiger partial charge is 0.436 e. The van der Waals surface area contributed by atoms with Crippen molar-refractivity contribution >= 4 is 38.4 Å². The van der Waals surface area contributed by atoms with E-state index < -0.39 is 10.0 Å². The highest BCUT2D eigenvalue weighted by Gasteiger charge is 2.15. The molecule has 0 atom stereocenters. The SMILES string of the molecule is O=S(=O)(Nc1ccc2oc(-c3ccccc3)nc2c1)c1ccc(Cl)cc1. The fourth-order valence-corrected chi connectivity index (χ4v) is 3.70. The van der Waals surface area contributed by atoms with Crippen molar-refractivity contribution in [3.63, 3.8) is 0 Å². The smallest absolute Gasteiger partial charge is 0.261 e. The monoisotopic (exact) mass is 384 g/mol. The second-order valence-electron chi connectivity index (χ2n) is 5.63. The van der Waals surface area contributed by atoms with Crippen LogP contribution in [0.4, 0.5) is 5.69 Å². The number of sulfonamides is 1. The Morgan fingerprint density at radius 2 is 1.65 bits per heavy atom. The molecule has 5 nitrogen and oxygen atoms in total. The maximum absolute atomic E-state index is 12.5. The molecule has 0 saturated carbocycles. The molecule has 0 unspecified atom stereocenters. The van der Waals surface area contributed by atoms with Gasteiger partial charge in [0.25, 0.3) is 10.0 Å². The third-order valence-corrected chi connectivity index (χ3v) is 5.43. The molecule has 4 rings (SSSR count). The van der Waals surface area contributed by atoms with Crippen molar-refractivity contribution in [2.45, 2.75) is 4.90 Å². The summed E-state index contributed by atoms with van der Waals surface area (Å²) in [4.78, 5) is 4.57. The summed E-state index contributed by atoms with van der Waals surface area (Å²) in [6.45, 7) is 0. The Morgan fingerprint density at radius 3 is 2.38 bits per heavy atom. The van der Waals surface area contributed by atoms with Crippen LogP contribution < -0.4 is 4.72 Å². The number of anilines is 1. The maximum Gasteiger partial charge on any atom is 0.261 e. The third kappa shape index (κ3) is 3.29. The van der Waals surface area contributed by atoms with E-state index in [-0.39, 0.29) is 4.90 Å². The lowest BCUT2D eigenvalue weighted by Gasteiger charge is -2.07. The molecule has 0 amide bonds. The zero-order chi connectivity index (χ0) is 18.1. The summed E-state index contributed by atoms with van der Waals surface area (Å²) in [5, 5.41) is 0.474. The van der Waals surface area contributed by atoms with Gasteiger partial charge in [0, 0.05) is 10.6 Å². The summed E-state index contributed by atoms with van der Waals surface area (Å²) in [5.41, 5.74) is 2.41. The molecule has 0 aliphatic rings. The van der Waals surface area contributed by atoms with Gasteiger partial charge in [-0.25, -0.2) is 13.4 Å². The molecule has 130 valence electrons. The van der Waals surface area contributed by atoms with Gasteiger partial charge in [-0.15, -0.1) is 0 Å². The van der Waals surface area contributed by atoms with Crippen LogP contribution in [0.25, 0.3) is 22.6 Å². The van der Waals surface area contributed by atoms with Crippen molar-refractivity contribution in [2.24, 2.45) is 0 Å². The Labute approximate surface area is 155 Å². The standard InChI is InChI=1S/C19H13ClN2O3S/c20-14-6-9-16(10-7-14)26(23,24)22-15-8-11-18-17(12-15)21-19(25-18)13-4-2-1-3-5-13/h1-12,22H. The topological polar surface area (TPSA) is 72.2 Å². The average molecular weight is 385 g/mol. The van der Waals surface area contributed by atoms with Crippen molar-refractivity contribution in [1.29, 1.82) is 0 Å². The lowest BCUT2D eigenvalue weighted by Crippen LogP contribution is -2.12. The summed E-state index contributed by atoms with van der Waals surface area (Å²) in [7, 11) is -3.71. The minimum absolute atomic E-state index is 0.132. The van der Waals surface area contributed by atoms with E-state index in [4.69, 9.17) is 16.0 Å². The Morgan fingerprint density at radius 1 is 0.923 bits per heavy atom. The van der Waals surface area contributed by atoms with Crippen LogP contribution in [0.2, 0.25) is 5.02 Å². The molecule has 3 aromatic carbocycles. The number of nitrogens with zero attached hydrogens (tertiary/aromatic N) is 1. The fraction of sp³-hybridized carbons (Fsp3) is 0. The lowest BCUT2D eigenvalue weighted by atomic mass is 10.2. The van der Waals surface area contributed by atoms with E-state index in [1.54, 1.807) is 18.2 Å². The second kappa shape index (κ2) is 6.48. The van der Waals surface area contributed by atoms with E-state index in [9.17, 15) is 8.42 Å². The van der Waals surface area contributed by atoms with Crippen LogP contribution in [0.15, 0.2) is 82.1 Å². The van der Waals surface area contributed by atoms with Gasteiger partial charge in [-0.1, -0.05) is 29.8 Å². The first-order valence-electron chi connectivity index (χ1n) is 7.76. The third-order valence-electron chi connectivity index (χ3n) is 3.78. The van der Waals surface area contributed by atoms with E-state index in [1.807, 2.05) is 30.3 Å². The highest BCUT2D eigenvalue weighted by atomic mass is 35.5. The molecule has 0 aliphatic carbocycles. The molecular formula is C19H13ClN2O3S. The minimum atomic E-state index is -3.71. The quantitative estimate of drug-likeness (QED) is 0.540. The molecule has 4 aromatic rings. The van der Waals surface area contributed by atoms with Crippen LogP contribution in [-0.4, -0.2) is 13.4 Å². The van der Waals surface area contributed by atoms with Crippen LogP contribution in [0, 0.1) is 0 Å². The van der Waals surface area contributed by atoms with Gasteiger partial charge in [0.1, 0.15) is 5.52 Å². The number of hydrogen-bond acceptors (Lipinski definition) is 4. The highest BCUT2D eigenvalue weighted by Crippen LogP contribution is 2.27. The zero-order valence-electron chi connectivity index (χ0n) is 13.4. The summed E-state index contributed by atoms with van der Waals surface area (Å²) < 4.78 is 33.2. The van der Waals surface area contributed by atoms with Crippen LogP contribution in [0.5, 0.6) is 0 Å². The first-order valence-corrected chi connectivity index (χ1v) is 9.62. The van der Waals surface area contributed by atoms with Crippen LogP contribution >= 0.6 is 11.6 Å². The summed E-state index contributed by atoms with van der Waals surface area (Å²) in [5.74, 6) is 0.485. The molecule has 1 aromatic heterocycles. The molecule has 1 heterocycles. The Hall–Kier alpha value is -2.83. The number of fused-ring (bicyclic) bond motifs is 1. The van der Waals surface area contributed by atoms with Gasteiger partial charge in [-0.2, -0.15) is 0 Å². The maximum atomic E-state index is 12.5. The molecule has 0 bridgehead atoms. The first-order chi connectivity index (χ1) is 12.5. The van der Waals surface area contributed by atoms with Crippen molar-refractivity contribution < 1.29 is 12.8 Å². The number of rotatable bonds is 4. The van der Waals surface area contributed by atoms with E-state index >= 15 is 0 Å². The predicted molar refractivity (Wildman–Crippen MR) is 102 cm³/mol. The minimum Gasteiger partial charge on any atom is -0.436 e. The number of hydrogen-bond donors (Lipinski definition) is 1. The summed E-state index contributed by atoms with van der Waals surface area (Å²) in [6.07, 6.45) is 0. The van der Waals surface area contributed by atoms with Gasteiger partial charge in [0.15, 0.2) is 5.58 Å². The number of benzene rings is 3. The van der Waals surface area contributed by atoms with Crippen molar-refractivity contribution in [2.75, 3.05) is 4.72 Å². The number of aromatic nitrogens is 1. The normalized spacial score (nSPS) is 11.6. The summed E-state index contributed by atoms with van der Waals surface area (Å²) >= 11 is 5.81. The predicted octanol–water partition coefficient (Wildman–Crippen LogP) is 4.95. The Bertz CT molecular complexity index is 1170. The van der Waals surface area contributed by atoms with Gasteiger partial charge < -0.3 is 4.42 Å². The van der Waals surface area contributed by atoms with Gasteiger partial charge in [-0.05, 0) is 54.6 Å². The molecule has 0 fully saturated rings. The Kier molecular flexibility index (Phi) is 4.14. The Balaban J connectivity index is 1.66. The van der Waals surface area contributed by atoms with Gasteiger partial charge >= 0.3 is 0 Å². The van der Waals surface area contributed by atoms with E-state index in [2.05, 4.69) is 9.71 Å². The van der Waals surface area contributed by atoms with Crippen molar-refractivity contribution in [3.8, 4) is 11.5 Å². The first kappa shape index (κ1) is 16.6. The van der Waals surface area contributed by atoms with E-state index in [0.717, 1.165) is 5.56 Å². The van der Waals surface area contributed by atoms with E-state index in [0.29, 0.717) is 27.7 Å². The molecule has 0 radical (unpaired) electrons. The molecule has 1 N–H and O–H groups in total. The van der Waals surface area contributed by atoms with Crippen LogP contribution in [0.1, 0.15) is 0 Å². The van der Waals surface area contributed by atoms with Gasteiger partial charge in [0.2, 0.25) is 5.89 Å².